The van der Waals surface area contributed by atoms with Crippen molar-refractivity contribution in [2.75, 3.05) is 74.7 Å². The van der Waals surface area contributed by atoms with Gasteiger partial charge in [-0.25, -0.2) is 0 Å². The van der Waals surface area contributed by atoms with Crippen LogP contribution in [0.1, 0.15) is 62.3 Å². The van der Waals surface area contributed by atoms with Crippen LogP contribution >= 0.6 is 0 Å². The van der Waals surface area contributed by atoms with E-state index >= 15 is 0 Å². The minimum Gasteiger partial charge on any atom is -0.497 e. The van der Waals surface area contributed by atoms with Crippen LogP contribution in [0.2, 0.25) is 0 Å². The van der Waals surface area contributed by atoms with Crippen LogP contribution in [0.25, 0.3) is 22.2 Å². The highest BCUT2D eigenvalue weighted by atomic mass is 16.5. The maximum absolute atomic E-state index is 13.8. The first-order valence-corrected chi connectivity index (χ1v) is 21.1. The lowest BCUT2D eigenvalue weighted by molar-refractivity contribution is -0.136. The topological polar surface area (TPSA) is 196 Å². The fourth-order valence-corrected chi connectivity index (χ4v) is 9.03. The molecule has 3 saturated heterocycles. The summed E-state index contributed by atoms with van der Waals surface area (Å²) < 4.78 is 11.0. The van der Waals surface area contributed by atoms with Crippen molar-refractivity contribution in [1.29, 1.82) is 0 Å². The number of nitrogens with two attached hydrogens (primary N) is 1. The van der Waals surface area contributed by atoms with Gasteiger partial charge >= 0.3 is 0 Å². The van der Waals surface area contributed by atoms with Crippen LogP contribution < -0.4 is 30.9 Å². The molecule has 4 aromatic carbocycles. The number of piperidine rings is 1. The Bertz CT molecular complexity index is 2540. The fraction of sp³-hybridized carbons (Fsp3) is 0.348. The molecule has 1 atom stereocenters. The molecule has 0 radical (unpaired) electrons. The molecule has 3 fully saturated rings. The number of piperazine rings is 1. The summed E-state index contributed by atoms with van der Waals surface area (Å²) >= 11 is 0. The Hall–Kier alpha value is -6.78. The number of imide groups is 2. The van der Waals surface area contributed by atoms with Crippen molar-refractivity contribution in [3.05, 3.63) is 101 Å². The molecule has 62 heavy (non-hydrogen) atoms. The number of rotatable bonds is 13. The molecule has 16 heteroatoms. The molecule has 5 heterocycles. The molecular formula is C46H49N9O7. The number of fused-ring (bicyclic) bond motifs is 2. The monoisotopic (exact) mass is 839 g/mol. The van der Waals surface area contributed by atoms with Crippen LogP contribution in [0.3, 0.4) is 0 Å². The zero-order valence-corrected chi connectivity index (χ0v) is 34.5. The molecular weight excluding hydrogens is 791 g/mol. The molecule has 4 aliphatic heterocycles. The van der Waals surface area contributed by atoms with E-state index in [1.54, 1.807) is 19.2 Å². The Kier molecular flexibility index (Phi) is 11.3. The number of nitrogens with one attached hydrogen (secondary N) is 3. The number of para-hydroxylation sites is 1. The SMILES string of the molecule is COc1ccc(CN(CCN2CCN(c3ccc(C(N)=O)c(NC4CCOCC4)c3-c3n[nH]c4ccccc34)CC2)c2ccc3c(c2)C(=O)N(C2CCC(=O)NC2=O)C3=O)cc1. The highest BCUT2D eigenvalue weighted by Gasteiger charge is 2.45. The quantitative estimate of drug-likeness (QED) is 0.124. The third-order valence-corrected chi connectivity index (χ3v) is 12.4. The first-order valence-electron chi connectivity index (χ1n) is 21.1. The molecule has 5 N–H and O–H groups in total. The van der Waals surface area contributed by atoms with Crippen LogP contribution in [0, 0.1) is 0 Å². The van der Waals surface area contributed by atoms with Crippen molar-refractivity contribution in [2.24, 2.45) is 5.73 Å². The van der Waals surface area contributed by atoms with Crippen LogP contribution in [0.4, 0.5) is 17.1 Å². The average molecular weight is 840 g/mol. The van der Waals surface area contributed by atoms with E-state index < -0.39 is 35.6 Å². The summed E-state index contributed by atoms with van der Waals surface area (Å²) in [7, 11) is 1.63. The number of H-pyrrole nitrogens is 1. The number of methoxy groups -OCH3 is 1. The van der Waals surface area contributed by atoms with Crippen LogP contribution in [-0.2, 0) is 20.9 Å². The van der Waals surface area contributed by atoms with Gasteiger partial charge in [-0.1, -0.05) is 30.3 Å². The van der Waals surface area contributed by atoms with Crippen LogP contribution in [0.5, 0.6) is 5.75 Å². The molecule has 0 aliphatic carbocycles. The number of primary amides is 1. The Morgan fingerprint density at radius 1 is 0.919 bits per heavy atom. The molecule has 5 amide bonds. The number of aromatic amines is 1. The van der Waals surface area contributed by atoms with E-state index in [4.69, 9.17) is 20.3 Å². The third-order valence-electron chi connectivity index (χ3n) is 12.4. The number of hydrogen-bond acceptors (Lipinski definition) is 12. The van der Waals surface area contributed by atoms with Crippen molar-refractivity contribution in [3.63, 3.8) is 0 Å². The lowest BCUT2D eigenvalue weighted by Crippen LogP contribution is -2.54. The van der Waals surface area contributed by atoms with Crippen molar-refractivity contribution < 1.29 is 33.4 Å². The van der Waals surface area contributed by atoms with Gasteiger partial charge in [0.1, 0.15) is 17.5 Å². The maximum atomic E-state index is 13.8. The van der Waals surface area contributed by atoms with Gasteiger partial charge in [0.25, 0.3) is 17.7 Å². The lowest BCUT2D eigenvalue weighted by Gasteiger charge is -2.38. The summed E-state index contributed by atoms with van der Waals surface area (Å²) in [5.74, 6) is -1.91. The van der Waals surface area contributed by atoms with E-state index in [-0.39, 0.29) is 30.0 Å². The van der Waals surface area contributed by atoms with E-state index in [1.165, 1.54) is 0 Å². The van der Waals surface area contributed by atoms with Gasteiger partial charge in [-0.15, -0.1) is 0 Å². The summed E-state index contributed by atoms with van der Waals surface area (Å²) in [5.41, 5.74) is 12.8. The van der Waals surface area contributed by atoms with Gasteiger partial charge in [0.2, 0.25) is 11.8 Å². The van der Waals surface area contributed by atoms with Crippen molar-refractivity contribution in [1.82, 2.24) is 25.3 Å². The number of aromatic nitrogens is 2. The molecule has 1 unspecified atom stereocenters. The first-order chi connectivity index (χ1) is 30.2. The Morgan fingerprint density at radius 3 is 2.42 bits per heavy atom. The smallest absolute Gasteiger partial charge is 0.262 e. The number of nitrogens with zero attached hydrogens (tertiary/aromatic N) is 5. The molecule has 5 aromatic rings. The molecule has 0 saturated carbocycles. The van der Waals surface area contributed by atoms with Gasteiger partial charge < -0.3 is 30.3 Å². The second kappa shape index (κ2) is 17.3. The zero-order chi connectivity index (χ0) is 42.9. The first kappa shape index (κ1) is 40.6. The van der Waals surface area contributed by atoms with Gasteiger partial charge in [0, 0.05) is 88.3 Å². The number of benzene rings is 4. The highest BCUT2D eigenvalue weighted by Crippen LogP contribution is 2.43. The number of hydrogen-bond donors (Lipinski definition) is 4. The molecule has 0 spiro atoms. The second-order valence-corrected chi connectivity index (χ2v) is 16.2. The van der Waals surface area contributed by atoms with Gasteiger partial charge in [0.15, 0.2) is 0 Å². The molecule has 0 bridgehead atoms. The molecule has 9 rings (SSSR count). The van der Waals surface area contributed by atoms with E-state index in [0.29, 0.717) is 57.2 Å². The molecule has 320 valence electrons. The predicted octanol–water partition coefficient (Wildman–Crippen LogP) is 4.16. The van der Waals surface area contributed by atoms with E-state index in [9.17, 15) is 24.0 Å². The largest absolute Gasteiger partial charge is 0.497 e. The van der Waals surface area contributed by atoms with Gasteiger partial charge in [0.05, 0.1) is 40.6 Å². The number of anilines is 3. The standard InChI is InChI=1S/C46H49N9O7/c1-61-31-9-6-28(7-10-31)27-54(30-8-11-32-35(26-30)46(60)55(45(32)59)38-14-15-39(56)49-44(38)58)23-20-52-18-21-53(22-19-52)37-13-12-34(43(47)57)41(48-29-16-24-62-25-17-29)40(37)42-33-4-2-3-5-36(33)50-51-42/h2-13,26,29,38,48H,14-25,27H2,1H3,(H2,47,57)(H,50,51)(H,49,56,58). The van der Waals surface area contributed by atoms with E-state index in [0.717, 1.165) is 75.7 Å². The second-order valence-electron chi connectivity index (χ2n) is 16.2. The summed E-state index contributed by atoms with van der Waals surface area (Å²) in [4.78, 5) is 72.7. The Balaban J connectivity index is 0.960. The van der Waals surface area contributed by atoms with E-state index in [2.05, 4.69) is 30.4 Å². The van der Waals surface area contributed by atoms with Crippen molar-refractivity contribution in [3.8, 4) is 17.0 Å². The van der Waals surface area contributed by atoms with Gasteiger partial charge in [-0.2, -0.15) is 5.10 Å². The van der Waals surface area contributed by atoms with E-state index in [1.807, 2.05) is 66.7 Å². The number of carbonyl (C=O) groups excluding carboxylic acids is 5. The van der Waals surface area contributed by atoms with Crippen LogP contribution in [-0.4, -0.2) is 121 Å². The number of carbonyl (C=O) groups is 5. The number of amides is 5. The predicted molar refractivity (Wildman–Crippen MR) is 233 cm³/mol. The van der Waals surface area contributed by atoms with Gasteiger partial charge in [-0.05, 0) is 73.4 Å². The fourth-order valence-electron chi connectivity index (χ4n) is 9.03. The van der Waals surface area contributed by atoms with Crippen LogP contribution in [0.15, 0.2) is 78.9 Å². The maximum Gasteiger partial charge on any atom is 0.262 e. The summed E-state index contributed by atoms with van der Waals surface area (Å²) in [6, 6.07) is 23.9. The summed E-state index contributed by atoms with van der Waals surface area (Å²) in [5, 5.41) is 14.9. The minimum absolute atomic E-state index is 0.0534. The Morgan fingerprint density at radius 2 is 1.68 bits per heavy atom. The summed E-state index contributed by atoms with van der Waals surface area (Å²) in [6.45, 7) is 6.07. The minimum atomic E-state index is -1.04. The zero-order valence-electron chi connectivity index (χ0n) is 34.5. The normalized spacial score (nSPS) is 18.6. The average Bonchev–Trinajstić information content (AvgIpc) is 3.82. The molecule has 1 aromatic heterocycles. The van der Waals surface area contributed by atoms with Gasteiger partial charge in [-0.3, -0.25) is 44.2 Å². The van der Waals surface area contributed by atoms with Crippen molar-refractivity contribution in [2.45, 2.75) is 44.3 Å². The summed E-state index contributed by atoms with van der Waals surface area (Å²) in [6.07, 6.45) is 1.75. The highest BCUT2D eigenvalue weighted by molar-refractivity contribution is 6.23. The van der Waals surface area contributed by atoms with Crippen molar-refractivity contribution >= 4 is 57.5 Å². The lowest BCUT2D eigenvalue weighted by atomic mass is 9.96. The molecule has 4 aliphatic rings. The molecule has 16 nitrogen and oxygen atoms in total. The Labute approximate surface area is 358 Å². The number of ether oxygens (including phenoxy) is 2. The third kappa shape index (κ3) is 7.94.